The summed E-state index contributed by atoms with van der Waals surface area (Å²) in [6, 6.07) is 11.6. The number of hydrogen-bond acceptors (Lipinski definition) is 3. The zero-order valence-corrected chi connectivity index (χ0v) is 13.9. The van der Waals surface area contributed by atoms with Gasteiger partial charge in [0.15, 0.2) is 0 Å². The summed E-state index contributed by atoms with van der Waals surface area (Å²) in [7, 11) is 0. The maximum absolute atomic E-state index is 12.6. The molecule has 0 saturated heterocycles. The van der Waals surface area contributed by atoms with Crippen molar-refractivity contribution in [3.63, 3.8) is 0 Å². The Kier molecular flexibility index (Phi) is 4.93. The van der Waals surface area contributed by atoms with Gasteiger partial charge in [0.1, 0.15) is 5.69 Å². The first-order valence-electron chi connectivity index (χ1n) is 8.38. The van der Waals surface area contributed by atoms with Crippen molar-refractivity contribution in [3.8, 4) is 11.3 Å². The van der Waals surface area contributed by atoms with Gasteiger partial charge in [-0.3, -0.25) is 14.3 Å². The molecule has 2 aromatic rings. The molecule has 6 heteroatoms. The van der Waals surface area contributed by atoms with Crippen molar-refractivity contribution in [1.82, 2.24) is 20.0 Å². The maximum Gasteiger partial charge on any atom is 0.272 e. The summed E-state index contributed by atoms with van der Waals surface area (Å²) in [4.78, 5) is 26.1. The molecule has 1 aromatic heterocycles. The van der Waals surface area contributed by atoms with E-state index in [1.54, 1.807) is 15.6 Å². The number of fused-ring (bicyclic) bond motifs is 1. The van der Waals surface area contributed by atoms with E-state index in [0.29, 0.717) is 25.3 Å². The van der Waals surface area contributed by atoms with Crippen molar-refractivity contribution < 1.29 is 9.59 Å². The van der Waals surface area contributed by atoms with Crippen LogP contribution in [-0.2, 0) is 11.3 Å². The number of rotatable bonds is 6. The summed E-state index contributed by atoms with van der Waals surface area (Å²) in [6.07, 6.45) is 1.98. The second-order valence-electron chi connectivity index (χ2n) is 5.93. The largest absolute Gasteiger partial charge is 0.355 e. The van der Waals surface area contributed by atoms with Crippen LogP contribution in [0.5, 0.6) is 0 Å². The molecule has 0 aliphatic carbocycles. The predicted octanol–water partition coefficient (Wildman–Crippen LogP) is 1.92. The highest BCUT2D eigenvalue weighted by molar-refractivity contribution is 5.96. The van der Waals surface area contributed by atoms with Crippen LogP contribution in [0, 0.1) is 0 Å². The van der Waals surface area contributed by atoms with Crippen molar-refractivity contribution in [3.05, 3.63) is 42.1 Å². The third kappa shape index (κ3) is 3.48. The molecule has 1 aliphatic rings. The number of nitrogens with zero attached hydrogens (tertiary/aromatic N) is 3. The normalized spacial score (nSPS) is 13.7. The summed E-state index contributed by atoms with van der Waals surface area (Å²) >= 11 is 0. The van der Waals surface area contributed by atoms with Gasteiger partial charge in [0.05, 0.1) is 18.8 Å². The van der Waals surface area contributed by atoms with Gasteiger partial charge in [0, 0.05) is 18.7 Å². The predicted molar refractivity (Wildman–Crippen MR) is 91.5 cm³/mol. The molecule has 2 heterocycles. The van der Waals surface area contributed by atoms with E-state index in [2.05, 4.69) is 17.3 Å². The van der Waals surface area contributed by atoms with Gasteiger partial charge in [0.2, 0.25) is 5.91 Å². The highest BCUT2D eigenvalue weighted by Gasteiger charge is 2.27. The minimum absolute atomic E-state index is 0.104. The second kappa shape index (κ2) is 7.29. The quantitative estimate of drug-likeness (QED) is 0.825. The van der Waals surface area contributed by atoms with Crippen molar-refractivity contribution in [2.24, 2.45) is 0 Å². The van der Waals surface area contributed by atoms with E-state index in [4.69, 9.17) is 0 Å². The van der Waals surface area contributed by atoms with E-state index in [1.165, 1.54) is 0 Å². The molecular formula is C18H22N4O2. The molecule has 0 bridgehead atoms. The van der Waals surface area contributed by atoms with Crippen molar-refractivity contribution >= 4 is 11.8 Å². The molecule has 2 amide bonds. The van der Waals surface area contributed by atoms with Crippen LogP contribution in [0.2, 0.25) is 0 Å². The Morgan fingerprint density at radius 2 is 2.04 bits per heavy atom. The van der Waals surface area contributed by atoms with Crippen molar-refractivity contribution in [2.75, 3.05) is 19.6 Å². The molecule has 0 radical (unpaired) electrons. The first kappa shape index (κ1) is 16.2. The third-order valence-corrected chi connectivity index (χ3v) is 4.12. The Bertz CT molecular complexity index is 724. The lowest BCUT2D eigenvalue weighted by Crippen LogP contribution is -2.46. The van der Waals surface area contributed by atoms with Gasteiger partial charge in [-0.2, -0.15) is 5.10 Å². The van der Waals surface area contributed by atoms with E-state index in [-0.39, 0.29) is 18.4 Å². The van der Waals surface area contributed by atoms with Crippen LogP contribution in [-0.4, -0.2) is 46.1 Å². The molecule has 0 atom stereocenters. The first-order valence-corrected chi connectivity index (χ1v) is 8.38. The fourth-order valence-corrected chi connectivity index (χ4v) is 2.77. The fourth-order valence-electron chi connectivity index (χ4n) is 2.77. The van der Waals surface area contributed by atoms with E-state index in [1.807, 2.05) is 30.3 Å². The summed E-state index contributed by atoms with van der Waals surface area (Å²) in [5, 5.41) is 7.37. The summed E-state index contributed by atoms with van der Waals surface area (Å²) in [5.74, 6) is -0.241. The molecule has 1 aromatic carbocycles. The van der Waals surface area contributed by atoms with E-state index in [9.17, 15) is 9.59 Å². The number of benzene rings is 1. The van der Waals surface area contributed by atoms with Gasteiger partial charge >= 0.3 is 0 Å². The number of carbonyl (C=O) groups is 2. The van der Waals surface area contributed by atoms with Crippen molar-refractivity contribution in [1.29, 1.82) is 0 Å². The molecule has 0 spiro atoms. The lowest BCUT2D eigenvalue weighted by atomic mass is 10.1. The summed E-state index contributed by atoms with van der Waals surface area (Å²) in [5.41, 5.74) is 2.31. The van der Waals surface area contributed by atoms with E-state index < -0.39 is 0 Å². The lowest BCUT2D eigenvalue weighted by molar-refractivity contribution is -0.121. The molecule has 6 nitrogen and oxygen atoms in total. The number of aromatic nitrogens is 2. The third-order valence-electron chi connectivity index (χ3n) is 4.12. The van der Waals surface area contributed by atoms with Gasteiger partial charge in [-0.05, 0) is 12.5 Å². The molecule has 0 fully saturated rings. The molecule has 24 heavy (non-hydrogen) atoms. The number of unbranched alkanes of at least 4 members (excludes halogenated alkanes) is 1. The van der Waals surface area contributed by atoms with Gasteiger partial charge in [0.25, 0.3) is 5.91 Å². The monoisotopic (exact) mass is 326 g/mol. The average molecular weight is 326 g/mol. The second-order valence-corrected chi connectivity index (χ2v) is 5.93. The Hall–Kier alpha value is -2.63. The molecular weight excluding hydrogens is 304 g/mol. The molecule has 1 N–H and O–H groups in total. The summed E-state index contributed by atoms with van der Waals surface area (Å²) < 4.78 is 1.73. The van der Waals surface area contributed by atoms with Crippen LogP contribution in [0.15, 0.2) is 36.4 Å². The number of carbonyl (C=O) groups excluding carboxylic acids is 2. The number of nitrogens with one attached hydrogen (secondary N) is 1. The minimum atomic E-state index is -0.137. The molecule has 0 unspecified atom stereocenters. The van der Waals surface area contributed by atoms with Gasteiger partial charge in [-0.25, -0.2) is 0 Å². The molecule has 126 valence electrons. The Balaban J connectivity index is 1.69. The standard InChI is InChI=1S/C18H22N4O2/c1-2-3-9-19-17(23)13-21-10-11-22-16(18(21)24)12-15(20-22)14-7-5-4-6-8-14/h4-8,12H,2-3,9-11,13H2,1H3,(H,19,23). The fraction of sp³-hybridized carbons (Fsp3) is 0.389. The minimum Gasteiger partial charge on any atom is -0.355 e. The zero-order chi connectivity index (χ0) is 16.9. The van der Waals surface area contributed by atoms with Crippen LogP contribution in [0.25, 0.3) is 11.3 Å². The lowest BCUT2D eigenvalue weighted by Gasteiger charge is -2.26. The summed E-state index contributed by atoms with van der Waals surface area (Å²) in [6.45, 7) is 3.95. The highest BCUT2D eigenvalue weighted by Crippen LogP contribution is 2.21. The molecule has 1 aliphatic heterocycles. The molecule has 3 rings (SSSR count). The Morgan fingerprint density at radius 1 is 1.25 bits per heavy atom. The highest BCUT2D eigenvalue weighted by atomic mass is 16.2. The molecule has 0 saturated carbocycles. The van der Waals surface area contributed by atoms with Crippen LogP contribution in [0.4, 0.5) is 0 Å². The van der Waals surface area contributed by atoms with Crippen LogP contribution in [0.3, 0.4) is 0 Å². The number of amides is 2. The number of hydrogen-bond donors (Lipinski definition) is 1. The average Bonchev–Trinajstić information content (AvgIpc) is 3.04. The smallest absolute Gasteiger partial charge is 0.272 e. The zero-order valence-electron chi connectivity index (χ0n) is 13.9. The van der Waals surface area contributed by atoms with Gasteiger partial charge < -0.3 is 10.2 Å². The van der Waals surface area contributed by atoms with E-state index in [0.717, 1.165) is 24.1 Å². The van der Waals surface area contributed by atoms with Crippen LogP contribution in [0.1, 0.15) is 30.3 Å². The van der Waals surface area contributed by atoms with Crippen LogP contribution < -0.4 is 5.32 Å². The van der Waals surface area contributed by atoms with Crippen LogP contribution >= 0.6 is 0 Å². The van der Waals surface area contributed by atoms with Gasteiger partial charge in [-0.1, -0.05) is 43.7 Å². The Morgan fingerprint density at radius 3 is 2.79 bits per heavy atom. The van der Waals surface area contributed by atoms with Gasteiger partial charge in [-0.15, -0.1) is 0 Å². The first-order chi connectivity index (χ1) is 11.7. The Labute approximate surface area is 141 Å². The maximum atomic E-state index is 12.6. The van der Waals surface area contributed by atoms with Crippen molar-refractivity contribution in [2.45, 2.75) is 26.3 Å². The SMILES string of the molecule is CCCCNC(=O)CN1CCn2nc(-c3ccccc3)cc2C1=O. The van der Waals surface area contributed by atoms with E-state index >= 15 is 0 Å². The topological polar surface area (TPSA) is 67.2 Å².